The monoisotopic (exact) mass is 606 g/mol. The van der Waals surface area contributed by atoms with Crippen molar-refractivity contribution in [1.29, 1.82) is 0 Å². The number of allylic oxidation sites excluding steroid dienone is 5. The maximum Gasteiger partial charge on any atom is 0.212 e. The summed E-state index contributed by atoms with van der Waals surface area (Å²) in [5.74, 6) is 1.11. The third kappa shape index (κ3) is 6.80. The van der Waals surface area contributed by atoms with Gasteiger partial charge in [-0.15, -0.1) is 0 Å². The van der Waals surface area contributed by atoms with Crippen LogP contribution in [0.15, 0.2) is 69.5 Å². The van der Waals surface area contributed by atoms with Crippen molar-refractivity contribution >= 4 is 33.8 Å². The average Bonchev–Trinajstić information content (AvgIpc) is 2.95. The van der Waals surface area contributed by atoms with Gasteiger partial charge in [0.05, 0.1) is 18.4 Å². The minimum Gasteiger partial charge on any atom is -0.481 e. The van der Waals surface area contributed by atoms with E-state index in [9.17, 15) is 5.11 Å². The molecule has 1 N–H and O–H groups in total. The molecule has 3 aliphatic rings. The van der Waals surface area contributed by atoms with Crippen LogP contribution in [-0.2, 0) is 10.3 Å². The summed E-state index contributed by atoms with van der Waals surface area (Å²) >= 11 is 3.69. The van der Waals surface area contributed by atoms with Crippen LogP contribution in [0.1, 0.15) is 70.8 Å². The lowest BCUT2D eigenvalue weighted by Gasteiger charge is -2.46. The lowest BCUT2D eigenvalue weighted by atomic mass is 9.63. The number of ether oxygens (including phenoxy) is 1. The molecule has 5 heteroatoms. The first kappa shape index (κ1) is 30.7. The van der Waals surface area contributed by atoms with Crippen molar-refractivity contribution in [3.63, 3.8) is 0 Å². The first-order chi connectivity index (χ1) is 19.2. The van der Waals surface area contributed by atoms with Crippen molar-refractivity contribution in [2.75, 3.05) is 27.7 Å². The molecule has 40 heavy (non-hydrogen) atoms. The van der Waals surface area contributed by atoms with Gasteiger partial charge in [0, 0.05) is 22.9 Å². The highest BCUT2D eigenvalue weighted by Crippen LogP contribution is 2.50. The van der Waals surface area contributed by atoms with Crippen LogP contribution in [0.4, 0.5) is 0 Å². The number of rotatable bonds is 10. The number of benzene rings is 1. The van der Waals surface area contributed by atoms with Crippen LogP contribution in [0.5, 0.6) is 0 Å². The smallest absolute Gasteiger partial charge is 0.212 e. The van der Waals surface area contributed by atoms with E-state index in [1.54, 1.807) is 7.11 Å². The highest BCUT2D eigenvalue weighted by Gasteiger charge is 2.47. The van der Waals surface area contributed by atoms with Crippen LogP contribution in [0.3, 0.4) is 0 Å². The van der Waals surface area contributed by atoms with Gasteiger partial charge in [-0.2, -0.15) is 0 Å². The molecule has 4 nitrogen and oxygen atoms in total. The van der Waals surface area contributed by atoms with Crippen LogP contribution < -0.4 is 10.4 Å². The Morgan fingerprint density at radius 1 is 1.25 bits per heavy atom. The van der Waals surface area contributed by atoms with E-state index in [0.29, 0.717) is 18.2 Å². The molecule has 1 aromatic rings. The molecule has 3 atom stereocenters. The van der Waals surface area contributed by atoms with E-state index in [2.05, 4.69) is 104 Å². The van der Waals surface area contributed by atoms with Crippen LogP contribution in [-0.4, -0.2) is 43.5 Å². The largest absolute Gasteiger partial charge is 0.481 e. The zero-order valence-corrected chi connectivity index (χ0v) is 26.6. The Kier molecular flexibility index (Phi) is 10.5. The van der Waals surface area contributed by atoms with Gasteiger partial charge in [0.1, 0.15) is 0 Å². The summed E-state index contributed by atoms with van der Waals surface area (Å²) in [6, 6.07) is 6.42. The number of halogens is 1. The topological polar surface area (TPSA) is 45.1 Å². The quantitative estimate of drug-likeness (QED) is 0.300. The van der Waals surface area contributed by atoms with Crippen LogP contribution >= 0.6 is 15.9 Å². The molecule has 1 fully saturated rings. The predicted octanol–water partition coefficient (Wildman–Crippen LogP) is 6.74. The summed E-state index contributed by atoms with van der Waals surface area (Å²) in [6.07, 6.45) is 18.9. The van der Waals surface area contributed by atoms with Gasteiger partial charge in [-0.1, -0.05) is 83.8 Å². The van der Waals surface area contributed by atoms with Gasteiger partial charge in [0.25, 0.3) is 0 Å². The van der Waals surface area contributed by atoms with Crippen molar-refractivity contribution in [3.05, 3.63) is 80.5 Å². The number of hydrogen-bond donors (Lipinski definition) is 1. The van der Waals surface area contributed by atoms with E-state index in [0.717, 1.165) is 69.6 Å². The summed E-state index contributed by atoms with van der Waals surface area (Å²) in [5, 5.41) is 15.6. The average molecular weight is 608 g/mol. The molecule has 0 saturated heterocycles. The van der Waals surface area contributed by atoms with E-state index in [1.807, 2.05) is 0 Å². The van der Waals surface area contributed by atoms with Gasteiger partial charge < -0.3 is 14.7 Å². The normalized spacial score (nSPS) is 23.1. The fourth-order valence-corrected chi connectivity index (χ4v) is 7.30. The van der Waals surface area contributed by atoms with E-state index < -0.39 is 5.60 Å². The van der Waals surface area contributed by atoms with Gasteiger partial charge >= 0.3 is 0 Å². The fourth-order valence-electron chi connectivity index (χ4n) is 6.85. The number of methoxy groups -OCH3 is 1. The minimum absolute atomic E-state index is 0.102. The van der Waals surface area contributed by atoms with E-state index in [4.69, 9.17) is 9.73 Å². The molecule has 0 spiro atoms. The lowest BCUT2D eigenvalue weighted by Crippen LogP contribution is -2.49. The molecular weight excluding hydrogens is 560 g/mol. The van der Waals surface area contributed by atoms with Crippen molar-refractivity contribution in [1.82, 2.24) is 4.90 Å². The first-order valence-electron chi connectivity index (χ1n) is 14.9. The second-order valence-corrected chi connectivity index (χ2v) is 13.0. The number of aliphatic imine (C=N–C) groups is 1. The Morgan fingerprint density at radius 2 is 2.00 bits per heavy atom. The van der Waals surface area contributed by atoms with Gasteiger partial charge in [-0.05, 0) is 99.7 Å². The molecule has 0 bridgehead atoms. The summed E-state index contributed by atoms with van der Waals surface area (Å²) in [5.41, 5.74) is 3.22. The number of nitrogens with zero attached hydrogens (tertiary/aromatic N) is 2. The molecule has 0 radical (unpaired) electrons. The van der Waals surface area contributed by atoms with Crippen molar-refractivity contribution in [2.24, 2.45) is 22.7 Å². The van der Waals surface area contributed by atoms with Crippen molar-refractivity contribution in [3.8, 4) is 0 Å². The standard InChI is InChI=1S/C35H47BrN2O2/c1-7-25-14-11-15-31(29(25)18-16-24(2)3)35(39,20-21-38(4)5)33(26-12-9-8-10-13-26)30-23-27-22-28(36)17-19-32(27)37-34(30)40-6/h7,11,14-15,17-19,22,26-27,33,39H,2,8-10,12-13,16,20-21,23H2,1,3-6H3/b25-7-,29-18+/t27?,33-,35-/m1/s1. The Balaban J connectivity index is 2.00. The van der Waals surface area contributed by atoms with Gasteiger partial charge in [0.2, 0.25) is 5.88 Å². The van der Waals surface area contributed by atoms with Gasteiger partial charge in [0.15, 0.2) is 0 Å². The molecule has 4 rings (SSSR count). The molecule has 1 heterocycles. The summed E-state index contributed by atoms with van der Waals surface area (Å²) in [4.78, 5) is 7.23. The molecule has 216 valence electrons. The molecule has 1 saturated carbocycles. The van der Waals surface area contributed by atoms with E-state index >= 15 is 0 Å². The van der Waals surface area contributed by atoms with Crippen LogP contribution in [0.2, 0.25) is 0 Å². The fraction of sp³-hybridized carbons (Fsp3) is 0.514. The number of fused-ring (bicyclic) bond motifs is 1. The van der Waals surface area contributed by atoms with E-state index in [-0.39, 0.29) is 11.8 Å². The SMILES string of the molecule is C=C(C)C/C=c1/c([C@](O)(CCN(C)C)[C@@H](C2=C(OC)N=C3C=CC(Br)=CC3C2)C2CCCCC2)ccc/c1=C/C. The molecule has 0 amide bonds. The van der Waals surface area contributed by atoms with E-state index in [1.165, 1.54) is 19.3 Å². The first-order valence-corrected chi connectivity index (χ1v) is 15.7. The third-order valence-electron chi connectivity index (χ3n) is 8.82. The molecule has 1 aliphatic heterocycles. The molecule has 1 aromatic carbocycles. The van der Waals surface area contributed by atoms with Crippen LogP contribution in [0.25, 0.3) is 12.2 Å². The van der Waals surface area contributed by atoms with Gasteiger partial charge in [-0.3, -0.25) is 0 Å². The minimum atomic E-state index is -1.09. The number of aliphatic hydroxyl groups is 1. The zero-order chi connectivity index (χ0) is 28.9. The molecular formula is C35H47BrN2O2. The maximum absolute atomic E-state index is 13.4. The Labute approximate surface area is 249 Å². The van der Waals surface area contributed by atoms with Gasteiger partial charge in [-0.25, -0.2) is 4.99 Å². The summed E-state index contributed by atoms with van der Waals surface area (Å²) in [6.45, 7) is 9.09. The van der Waals surface area contributed by atoms with Crippen molar-refractivity contribution in [2.45, 2.75) is 70.8 Å². The molecule has 2 aliphatic carbocycles. The third-order valence-corrected chi connectivity index (χ3v) is 9.34. The zero-order valence-electron chi connectivity index (χ0n) is 25.0. The second-order valence-electron chi connectivity index (χ2n) is 12.1. The Bertz CT molecular complexity index is 1330. The van der Waals surface area contributed by atoms with Crippen molar-refractivity contribution < 1.29 is 9.84 Å². The number of hydrogen-bond acceptors (Lipinski definition) is 4. The molecule has 0 aromatic heterocycles. The summed E-state index contributed by atoms with van der Waals surface area (Å²) < 4.78 is 7.12. The maximum atomic E-state index is 13.4. The molecule has 1 unspecified atom stereocenters. The highest BCUT2D eigenvalue weighted by molar-refractivity contribution is 9.11. The lowest BCUT2D eigenvalue weighted by molar-refractivity contribution is -0.0542. The van der Waals surface area contributed by atoms with Crippen LogP contribution in [0, 0.1) is 17.8 Å². The highest BCUT2D eigenvalue weighted by atomic mass is 79.9. The summed E-state index contributed by atoms with van der Waals surface area (Å²) in [7, 11) is 5.91. The Morgan fingerprint density at radius 3 is 2.65 bits per heavy atom. The second kappa shape index (κ2) is 13.6. The Hall–Kier alpha value is -2.21. The predicted molar refractivity (Wildman–Crippen MR) is 173 cm³/mol.